The summed E-state index contributed by atoms with van der Waals surface area (Å²) in [5.74, 6) is -0.134. The number of aryl methyl sites for hydroxylation is 3. The number of nitrogens with zero attached hydrogens (tertiary/aromatic N) is 1. The van der Waals surface area contributed by atoms with Crippen molar-refractivity contribution < 1.29 is 13.2 Å². The van der Waals surface area contributed by atoms with Crippen LogP contribution in [0.25, 0.3) is 0 Å². The van der Waals surface area contributed by atoms with Gasteiger partial charge in [-0.05, 0) is 71.7 Å². The van der Waals surface area contributed by atoms with E-state index in [4.69, 9.17) is 0 Å². The monoisotopic (exact) mass is 409 g/mol. The minimum atomic E-state index is -3.63. The van der Waals surface area contributed by atoms with Crippen LogP contribution in [0.5, 0.6) is 0 Å². The molecule has 1 aromatic rings. The van der Waals surface area contributed by atoms with E-state index >= 15 is 0 Å². The predicted octanol–water partition coefficient (Wildman–Crippen LogP) is 2.66. The number of hydrogen-bond acceptors (Lipinski definition) is 4. The van der Waals surface area contributed by atoms with Crippen LogP contribution in [0.2, 0.25) is 0 Å². The first-order valence-electron chi connectivity index (χ1n) is 10.1. The number of piperidine rings is 1. The van der Waals surface area contributed by atoms with Gasteiger partial charge in [-0.15, -0.1) is 0 Å². The van der Waals surface area contributed by atoms with Crippen molar-refractivity contribution in [2.75, 3.05) is 26.2 Å². The molecule has 0 atom stereocenters. The van der Waals surface area contributed by atoms with Crippen molar-refractivity contribution in [1.82, 2.24) is 14.9 Å². The third-order valence-electron chi connectivity index (χ3n) is 5.45. The van der Waals surface area contributed by atoms with E-state index in [0.29, 0.717) is 11.4 Å². The second kappa shape index (κ2) is 9.37. The van der Waals surface area contributed by atoms with Crippen LogP contribution in [0.15, 0.2) is 17.0 Å². The van der Waals surface area contributed by atoms with Crippen LogP contribution in [0.1, 0.15) is 56.2 Å². The molecule has 0 spiro atoms. The number of sulfonamides is 1. The van der Waals surface area contributed by atoms with E-state index in [0.717, 1.165) is 29.8 Å². The molecule has 0 aliphatic carbocycles. The van der Waals surface area contributed by atoms with Crippen molar-refractivity contribution in [3.63, 3.8) is 0 Å². The lowest BCUT2D eigenvalue weighted by atomic mass is 9.98. The molecule has 28 heavy (non-hydrogen) atoms. The van der Waals surface area contributed by atoms with E-state index in [1.807, 2.05) is 19.1 Å². The average molecular weight is 410 g/mol. The summed E-state index contributed by atoms with van der Waals surface area (Å²) < 4.78 is 27.9. The average Bonchev–Trinajstić information content (AvgIpc) is 2.59. The fraction of sp³-hybridized carbons (Fsp3) is 0.667. The molecule has 1 aliphatic heterocycles. The maximum atomic E-state index is 12.6. The molecule has 1 fully saturated rings. The van der Waals surface area contributed by atoms with Gasteiger partial charge in [0.2, 0.25) is 15.9 Å². The fourth-order valence-corrected chi connectivity index (χ4v) is 5.46. The zero-order valence-corrected chi connectivity index (χ0v) is 18.7. The largest absolute Gasteiger partial charge is 0.354 e. The van der Waals surface area contributed by atoms with Gasteiger partial charge < -0.3 is 5.32 Å². The zero-order chi connectivity index (χ0) is 20.9. The molecular formula is C21H35N3O3S. The van der Waals surface area contributed by atoms with Crippen LogP contribution in [-0.2, 0) is 14.8 Å². The summed E-state index contributed by atoms with van der Waals surface area (Å²) in [6.45, 7) is 12.6. The SMILES string of the molecule is Cc1cc(C)c(S(=O)(=O)NCCC(=O)NCC(C)(C)N2CCCCC2)c(C)c1. The summed E-state index contributed by atoms with van der Waals surface area (Å²) in [4.78, 5) is 14.9. The zero-order valence-electron chi connectivity index (χ0n) is 17.9. The number of carbonyl (C=O) groups is 1. The summed E-state index contributed by atoms with van der Waals surface area (Å²) in [6, 6.07) is 3.72. The summed E-state index contributed by atoms with van der Waals surface area (Å²) >= 11 is 0. The molecule has 6 nitrogen and oxygen atoms in total. The van der Waals surface area contributed by atoms with Crippen molar-refractivity contribution >= 4 is 15.9 Å². The van der Waals surface area contributed by atoms with Crippen LogP contribution < -0.4 is 10.0 Å². The summed E-state index contributed by atoms with van der Waals surface area (Å²) in [6.07, 6.45) is 3.81. The van der Waals surface area contributed by atoms with E-state index in [2.05, 4.69) is 28.8 Å². The molecule has 0 radical (unpaired) electrons. The Labute approximate surface area is 170 Å². The van der Waals surface area contributed by atoms with Crippen LogP contribution in [0, 0.1) is 20.8 Å². The molecule has 1 heterocycles. The van der Waals surface area contributed by atoms with Crippen molar-refractivity contribution in [3.8, 4) is 0 Å². The van der Waals surface area contributed by atoms with Crippen LogP contribution in [-0.4, -0.2) is 50.9 Å². The highest BCUT2D eigenvalue weighted by atomic mass is 32.2. The number of likely N-dealkylation sites (tertiary alicyclic amines) is 1. The topological polar surface area (TPSA) is 78.5 Å². The van der Waals surface area contributed by atoms with E-state index in [1.54, 1.807) is 13.8 Å². The molecular weight excluding hydrogens is 374 g/mol. The number of rotatable bonds is 8. The van der Waals surface area contributed by atoms with Crippen LogP contribution in [0.3, 0.4) is 0 Å². The van der Waals surface area contributed by atoms with Gasteiger partial charge >= 0.3 is 0 Å². The minimum Gasteiger partial charge on any atom is -0.354 e. The number of carbonyl (C=O) groups excluding carboxylic acids is 1. The maximum Gasteiger partial charge on any atom is 0.241 e. The molecule has 1 amide bonds. The molecule has 2 N–H and O–H groups in total. The highest BCUT2D eigenvalue weighted by Gasteiger charge is 2.28. The molecule has 0 saturated carbocycles. The van der Waals surface area contributed by atoms with Gasteiger partial charge in [0.1, 0.15) is 0 Å². The quantitative estimate of drug-likeness (QED) is 0.692. The Bertz CT molecular complexity index is 774. The molecule has 1 saturated heterocycles. The second-order valence-corrected chi connectivity index (χ2v) is 10.2. The number of amides is 1. The van der Waals surface area contributed by atoms with Gasteiger partial charge in [0.05, 0.1) is 4.90 Å². The van der Waals surface area contributed by atoms with Gasteiger partial charge in [0.25, 0.3) is 0 Å². The van der Waals surface area contributed by atoms with Gasteiger partial charge in [0, 0.05) is 25.0 Å². The van der Waals surface area contributed by atoms with Gasteiger partial charge in [-0.25, -0.2) is 13.1 Å². The number of benzene rings is 1. The lowest BCUT2D eigenvalue weighted by Crippen LogP contribution is -2.53. The van der Waals surface area contributed by atoms with E-state index in [9.17, 15) is 13.2 Å². The van der Waals surface area contributed by atoms with Gasteiger partial charge in [-0.2, -0.15) is 0 Å². The van der Waals surface area contributed by atoms with Gasteiger partial charge in [-0.1, -0.05) is 24.1 Å². The third kappa shape index (κ3) is 6.03. The predicted molar refractivity (Wildman–Crippen MR) is 113 cm³/mol. The molecule has 0 unspecified atom stereocenters. The fourth-order valence-electron chi connectivity index (χ4n) is 3.98. The standard InChI is InChI=1S/C21H35N3O3S/c1-16-13-17(2)20(18(3)14-16)28(26,27)23-10-9-19(25)22-15-21(4,5)24-11-7-6-8-12-24/h13-14,23H,6-12,15H2,1-5H3,(H,22,25). The van der Waals surface area contributed by atoms with E-state index in [1.165, 1.54) is 19.3 Å². The summed E-state index contributed by atoms with van der Waals surface area (Å²) in [7, 11) is -3.63. The van der Waals surface area contributed by atoms with Crippen molar-refractivity contribution in [2.24, 2.45) is 0 Å². The molecule has 1 aliphatic rings. The van der Waals surface area contributed by atoms with E-state index < -0.39 is 10.0 Å². The molecule has 0 aromatic heterocycles. The Morgan fingerprint density at radius 3 is 2.21 bits per heavy atom. The normalized spacial score (nSPS) is 16.2. The molecule has 2 rings (SSSR count). The Morgan fingerprint density at radius 2 is 1.64 bits per heavy atom. The highest BCUT2D eigenvalue weighted by Crippen LogP contribution is 2.22. The molecule has 158 valence electrons. The van der Waals surface area contributed by atoms with Crippen molar-refractivity contribution in [2.45, 2.75) is 70.7 Å². The maximum absolute atomic E-state index is 12.6. The van der Waals surface area contributed by atoms with Crippen LogP contribution in [0.4, 0.5) is 0 Å². The van der Waals surface area contributed by atoms with E-state index in [-0.39, 0.29) is 24.4 Å². The third-order valence-corrected chi connectivity index (χ3v) is 7.21. The molecule has 7 heteroatoms. The second-order valence-electron chi connectivity index (χ2n) is 8.51. The van der Waals surface area contributed by atoms with Crippen molar-refractivity contribution in [3.05, 3.63) is 28.8 Å². The Morgan fingerprint density at radius 1 is 1.07 bits per heavy atom. The molecule has 0 bridgehead atoms. The first-order chi connectivity index (χ1) is 13.0. The Balaban J connectivity index is 1.84. The smallest absolute Gasteiger partial charge is 0.241 e. The minimum absolute atomic E-state index is 0.0884. The van der Waals surface area contributed by atoms with Gasteiger partial charge in [-0.3, -0.25) is 9.69 Å². The van der Waals surface area contributed by atoms with Crippen LogP contribution >= 0.6 is 0 Å². The Hall–Kier alpha value is -1.44. The van der Waals surface area contributed by atoms with Crippen molar-refractivity contribution in [1.29, 1.82) is 0 Å². The number of nitrogens with one attached hydrogen (secondary N) is 2. The number of hydrogen-bond donors (Lipinski definition) is 2. The first-order valence-corrected chi connectivity index (χ1v) is 11.6. The highest BCUT2D eigenvalue weighted by molar-refractivity contribution is 7.89. The summed E-state index contributed by atoms with van der Waals surface area (Å²) in [5.41, 5.74) is 2.38. The lowest BCUT2D eigenvalue weighted by molar-refractivity contribution is -0.121. The summed E-state index contributed by atoms with van der Waals surface area (Å²) in [5, 5.41) is 2.96. The first kappa shape index (κ1) is 22.8. The lowest BCUT2D eigenvalue weighted by Gasteiger charge is -2.41. The van der Waals surface area contributed by atoms with Gasteiger partial charge in [0.15, 0.2) is 0 Å². The Kier molecular flexibility index (Phi) is 7.65. The molecule has 1 aromatic carbocycles.